The molecule has 0 bridgehead atoms. The quantitative estimate of drug-likeness (QED) is 0.692. The lowest BCUT2D eigenvalue weighted by atomic mass is 10.0. The largest absolute Gasteiger partial charge is 0.351 e. The summed E-state index contributed by atoms with van der Waals surface area (Å²) >= 11 is 0. The Bertz CT molecular complexity index is 551. The van der Waals surface area contributed by atoms with Gasteiger partial charge in [0, 0.05) is 12.5 Å². The van der Waals surface area contributed by atoms with Gasteiger partial charge in [0.2, 0.25) is 11.8 Å². The van der Waals surface area contributed by atoms with Gasteiger partial charge in [-0.25, -0.2) is 0 Å². The van der Waals surface area contributed by atoms with Gasteiger partial charge in [0.1, 0.15) is 6.04 Å². The van der Waals surface area contributed by atoms with E-state index in [0.717, 1.165) is 24.8 Å². The summed E-state index contributed by atoms with van der Waals surface area (Å²) in [6.45, 7) is 4.56. The molecule has 1 aromatic rings. The Morgan fingerprint density at radius 3 is 2.48 bits per heavy atom. The minimum absolute atomic E-state index is 0. The summed E-state index contributed by atoms with van der Waals surface area (Å²) in [7, 11) is 0. The fourth-order valence-corrected chi connectivity index (χ4v) is 3.31. The maximum absolute atomic E-state index is 12.8. The van der Waals surface area contributed by atoms with Crippen molar-refractivity contribution in [3.8, 4) is 0 Å². The molecule has 0 heterocycles. The van der Waals surface area contributed by atoms with Crippen LogP contribution in [-0.2, 0) is 9.59 Å². The third-order valence-corrected chi connectivity index (χ3v) is 4.58. The Morgan fingerprint density at radius 2 is 1.88 bits per heavy atom. The van der Waals surface area contributed by atoms with Crippen LogP contribution in [0.4, 0.5) is 0 Å². The zero-order chi connectivity index (χ0) is 17.5. The molecule has 3 atom stereocenters. The highest BCUT2D eigenvalue weighted by Gasteiger charge is 2.31. The zero-order valence-corrected chi connectivity index (χ0v) is 15.9. The van der Waals surface area contributed by atoms with Gasteiger partial charge in [0.05, 0.1) is 0 Å². The predicted molar refractivity (Wildman–Crippen MR) is 102 cm³/mol. The lowest BCUT2D eigenvalue weighted by Gasteiger charge is -2.24. The van der Waals surface area contributed by atoms with Crippen LogP contribution in [0.2, 0.25) is 0 Å². The summed E-state index contributed by atoms with van der Waals surface area (Å²) in [5.41, 5.74) is 6.60. The molecular formula is C19H30ClN3O2. The average molecular weight is 368 g/mol. The molecule has 2 rings (SSSR count). The first-order valence-electron chi connectivity index (χ1n) is 8.86. The van der Waals surface area contributed by atoms with Gasteiger partial charge in [-0.05, 0) is 36.8 Å². The Balaban J connectivity index is 0.00000312. The van der Waals surface area contributed by atoms with Crippen molar-refractivity contribution in [1.29, 1.82) is 0 Å². The molecule has 5 nitrogen and oxygen atoms in total. The van der Waals surface area contributed by atoms with Crippen LogP contribution in [-0.4, -0.2) is 24.4 Å². The van der Waals surface area contributed by atoms with Crippen molar-refractivity contribution >= 4 is 24.2 Å². The number of carbonyl (C=O) groups excluding carboxylic acids is 2. The van der Waals surface area contributed by atoms with E-state index in [4.69, 9.17) is 5.73 Å². The fourth-order valence-electron chi connectivity index (χ4n) is 3.31. The third kappa shape index (κ3) is 6.33. The van der Waals surface area contributed by atoms with E-state index < -0.39 is 6.04 Å². The normalized spacial score (nSPS) is 20.6. The van der Waals surface area contributed by atoms with Gasteiger partial charge < -0.3 is 16.4 Å². The monoisotopic (exact) mass is 367 g/mol. The number of amides is 2. The van der Waals surface area contributed by atoms with Gasteiger partial charge in [-0.3, -0.25) is 9.59 Å². The standard InChI is InChI=1S/C19H29N3O2.ClH/c1-13(2)11-17(23)22-18(14-7-4-3-5-8-14)19(24)21-16-10-6-9-15(16)12-20;/h3-5,7-8,13,15-16,18H,6,9-12,20H2,1-2H3,(H,21,24)(H,22,23);1H. The number of nitrogens with one attached hydrogen (secondary N) is 2. The first-order valence-corrected chi connectivity index (χ1v) is 8.86. The molecule has 25 heavy (non-hydrogen) atoms. The van der Waals surface area contributed by atoms with Crippen LogP contribution in [0.25, 0.3) is 0 Å². The summed E-state index contributed by atoms with van der Waals surface area (Å²) in [6.07, 6.45) is 3.50. The van der Waals surface area contributed by atoms with Crippen molar-refractivity contribution in [2.24, 2.45) is 17.6 Å². The third-order valence-electron chi connectivity index (χ3n) is 4.58. The van der Waals surface area contributed by atoms with E-state index in [0.29, 0.717) is 18.9 Å². The molecule has 1 aromatic carbocycles. The Labute approximate surface area is 156 Å². The molecule has 1 fully saturated rings. The highest BCUT2D eigenvalue weighted by Crippen LogP contribution is 2.25. The molecule has 0 spiro atoms. The van der Waals surface area contributed by atoms with Crippen LogP contribution in [0, 0.1) is 11.8 Å². The molecule has 1 aliphatic carbocycles. The van der Waals surface area contributed by atoms with Crippen molar-refractivity contribution < 1.29 is 9.59 Å². The first-order chi connectivity index (χ1) is 11.5. The molecule has 1 aliphatic rings. The minimum Gasteiger partial charge on any atom is -0.351 e. The first kappa shape index (κ1) is 21.5. The van der Waals surface area contributed by atoms with Crippen molar-refractivity contribution in [3.63, 3.8) is 0 Å². The fraction of sp³-hybridized carbons (Fsp3) is 0.579. The van der Waals surface area contributed by atoms with E-state index >= 15 is 0 Å². The Kier molecular flexibility index (Phi) is 8.93. The maximum Gasteiger partial charge on any atom is 0.247 e. The molecule has 0 aliphatic heterocycles. The molecule has 1 saturated carbocycles. The van der Waals surface area contributed by atoms with Crippen LogP contribution >= 0.6 is 12.4 Å². The van der Waals surface area contributed by atoms with Gasteiger partial charge >= 0.3 is 0 Å². The van der Waals surface area contributed by atoms with Crippen molar-refractivity contribution in [1.82, 2.24) is 10.6 Å². The van der Waals surface area contributed by atoms with Crippen LogP contribution in [0.5, 0.6) is 0 Å². The molecular weight excluding hydrogens is 338 g/mol. The summed E-state index contributed by atoms with van der Waals surface area (Å²) in [5.74, 6) is 0.331. The van der Waals surface area contributed by atoms with E-state index in [1.807, 2.05) is 44.2 Å². The smallest absolute Gasteiger partial charge is 0.247 e. The highest BCUT2D eigenvalue weighted by atomic mass is 35.5. The van der Waals surface area contributed by atoms with E-state index in [9.17, 15) is 9.59 Å². The molecule has 0 saturated heterocycles. The molecule has 4 N–H and O–H groups in total. The average Bonchev–Trinajstić information content (AvgIpc) is 2.99. The summed E-state index contributed by atoms with van der Waals surface area (Å²) in [5, 5.41) is 5.99. The van der Waals surface area contributed by atoms with Crippen LogP contribution in [0.1, 0.15) is 51.1 Å². The Hall–Kier alpha value is -1.59. The van der Waals surface area contributed by atoms with Gasteiger partial charge in [-0.2, -0.15) is 0 Å². The molecule has 140 valence electrons. The van der Waals surface area contributed by atoms with Crippen molar-refractivity contribution in [3.05, 3.63) is 35.9 Å². The van der Waals surface area contributed by atoms with Crippen LogP contribution in [0.15, 0.2) is 30.3 Å². The minimum atomic E-state index is -0.656. The number of halogens is 1. The molecule has 6 heteroatoms. The van der Waals surface area contributed by atoms with E-state index in [1.165, 1.54) is 0 Å². The van der Waals surface area contributed by atoms with Crippen molar-refractivity contribution in [2.45, 2.75) is 51.6 Å². The van der Waals surface area contributed by atoms with E-state index in [1.54, 1.807) is 0 Å². The second-order valence-corrected chi connectivity index (χ2v) is 7.05. The maximum atomic E-state index is 12.8. The number of hydrogen-bond donors (Lipinski definition) is 3. The van der Waals surface area contributed by atoms with Crippen LogP contribution in [0.3, 0.4) is 0 Å². The summed E-state index contributed by atoms with van der Waals surface area (Å²) < 4.78 is 0. The molecule has 2 amide bonds. The highest BCUT2D eigenvalue weighted by molar-refractivity contribution is 5.88. The predicted octanol–water partition coefficient (Wildman–Crippen LogP) is 2.56. The lowest BCUT2D eigenvalue weighted by molar-refractivity contribution is -0.130. The zero-order valence-electron chi connectivity index (χ0n) is 15.0. The van der Waals surface area contributed by atoms with Gasteiger partial charge in [-0.1, -0.05) is 50.6 Å². The summed E-state index contributed by atoms with van der Waals surface area (Å²) in [6, 6.07) is 8.84. The summed E-state index contributed by atoms with van der Waals surface area (Å²) in [4.78, 5) is 25.0. The van der Waals surface area contributed by atoms with Crippen LogP contribution < -0.4 is 16.4 Å². The van der Waals surface area contributed by atoms with Gasteiger partial charge in [-0.15, -0.1) is 12.4 Å². The topological polar surface area (TPSA) is 84.2 Å². The lowest BCUT2D eigenvalue weighted by Crippen LogP contribution is -2.46. The second-order valence-electron chi connectivity index (χ2n) is 7.05. The molecule has 3 unspecified atom stereocenters. The second kappa shape index (κ2) is 10.4. The number of nitrogens with two attached hydrogens (primary N) is 1. The number of rotatable bonds is 7. The van der Waals surface area contributed by atoms with Gasteiger partial charge in [0.25, 0.3) is 0 Å². The number of hydrogen-bond acceptors (Lipinski definition) is 3. The molecule has 0 radical (unpaired) electrons. The van der Waals surface area contributed by atoms with E-state index in [2.05, 4.69) is 10.6 Å². The molecule has 0 aromatic heterocycles. The van der Waals surface area contributed by atoms with E-state index in [-0.39, 0.29) is 36.2 Å². The van der Waals surface area contributed by atoms with Crippen molar-refractivity contribution in [2.75, 3.05) is 6.54 Å². The SMILES string of the molecule is CC(C)CC(=O)NC(C(=O)NC1CCCC1CN)c1ccccc1.Cl. The Morgan fingerprint density at radius 1 is 1.20 bits per heavy atom. The van der Waals surface area contributed by atoms with Gasteiger partial charge in [0.15, 0.2) is 0 Å². The number of carbonyl (C=O) groups is 2. The number of benzene rings is 1.